The molecule has 4 aliphatic rings. The van der Waals surface area contributed by atoms with Gasteiger partial charge in [-0.1, -0.05) is 6.07 Å². The zero-order chi connectivity index (χ0) is 18.3. The van der Waals surface area contributed by atoms with Gasteiger partial charge in [-0.2, -0.15) is 0 Å². The molecule has 0 radical (unpaired) electrons. The van der Waals surface area contributed by atoms with Gasteiger partial charge in [-0.3, -0.25) is 9.69 Å². The Kier molecular flexibility index (Phi) is 3.33. The maximum absolute atomic E-state index is 12.8. The molecule has 0 aromatic heterocycles. The minimum Gasteiger partial charge on any atom is -0.504 e. The van der Waals surface area contributed by atoms with Crippen molar-refractivity contribution in [1.29, 1.82) is 0 Å². The third kappa shape index (κ3) is 1.91. The molecule has 140 valence electrons. The number of piperidine rings is 1. The molecule has 2 saturated carbocycles. The summed E-state index contributed by atoms with van der Waals surface area (Å²) in [7, 11) is 0. The average molecular weight is 357 g/mol. The number of hydrogen-bond donors (Lipinski definition) is 2. The van der Waals surface area contributed by atoms with E-state index in [4.69, 9.17) is 4.74 Å². The highest BCUT2D eigenvalue weighted by molar-refractivity contribution is 5.89. The molecule has 1 saturated heterocycles. The van der Waals surface area contributed by atoms with E-state index in [-0.39, 0.29) is 17.6 Å². The van der Waals surface area contributed by atoms with Crippen LogP contribution in [0.25, 0.3) is 0 Å². The number of ketones is 1. The summed E-state index contributed by atoms with van der Waals surface area (Å²) < 4.78 is 6.06. The van der Waals surface area contributed by atoms with Crippen molar-refractivity contribution in [3.05, 3.63) is 23.3 Å². The molecule has 1 aromatic rings. The van der Waals surface area contributed by atoms with Crippen molar-refractivity contribution in [2.75, 3.05) is 13.1 Å². The lowest BCUT2D eigenvalue weighted by Gasteiger charge is -2.59. The molecule has 5 heteroatoms. The Balaban J connectivity index is 1.67. The molecule has 1 unspecified atom stereocenters. The number of carbonyl (C=O) groups excluding carboxylic acids is 1. The highest BCUT2D eigenvalue weighted by Gasteiger charge is 2.70. The van der Waals surface area contributed by atoms with Gasteiger partial charge >= 0.3 is 0 Å². The van der Waals surface area contributed by atoms with Gasteiger partial charge in [0.05, 0.1) is 11.0 Å². The quantitative estimate of drug-likeness (QED) is 0.850. The number of fused-ring (bicyclic) bond motifs is 1. The van der Waals surface area contributed by atoms with Crippen LogP contribution in [-0.4, -0.2) is 51.7 Å². The fraction of sp³-hybridized carbons (Fsp3) is 0.667. The van der Waals surface area contributed by atoms with E-state index in [0.29, 0.717) is 25.0 Å². The number of aliphatic hydroxyl groups is 1. The fourth-order valence-corrected chi connectivity index (χ4v) is 5.90. The summed E-state index contributed by atoms with van der Waals surface area (Å²) in [5, 5.41) is 22.4. The number of Topliss-reactive ketones (excluding diaryl/α,β-unsaturated/α-hetero) is 1. The molecule has 26 heavy (non-hydrogen) atoms. The lowest BCUT2D eigenvalue weighted by Crippen LogP contribution is -2.74. The van der Waals surface area contributed by atoms with Gasteiger partial charge in [0.1, 0.15) is 0 Å². The van der Waals surface area contributed by atoms with Crippen LogP contribution >= 0.6 is 0 Å². The Bertz CT molecular complexity index is 788. The Morgan fingerprint density at radius 2 is 2.08 bits per heavy atom. The smallest absolute Gasteiger partial charge is 0.174 e. The molecule has 2 N–H and O–H groups in total. The number of phenolic OH excluding ortho intramolecular Hbond substituents is 1. The molecule has 1 spiro atoms. The van der Waals surface area contributed by atoms with E-state index in [1.165, 1.54) is 12.8 Å². The van der Waals surface area contributed by atoms with Crippen LogP contribution in [0, 0.1) is 12.8 Å². The van der Waals surface area contributed by atoms with Crippen LogP contribution in [0.2, 0.25) is 0 Å². The van der Waals surface area contributed by atoms with Crippen LogP contribution in [0.5, 0.6) is 11.5 Å². The SMILES string of the molecule is Cc1ccc(O)c2c1[C@]13CCN(CC4CC4)[C@H](C)[C@]1(O)CCC(=O)C3O2. The molecule has 5 rings (SSSR count). The molecule has 3 fully saturated rings. The second-order valence-electron chi connectivity index (χ2n) is 8.83. The molecule has 2 aliphatic heterocycles. The first-order chi connectivity index (χ1) is 12.4. The lowest BCUT2D eigenvalue weighted by molar-refractivity contribution is -0.181. The van der Waals surface area contributed by atoms with Crippen molar-refractivity contribution in [2.45, 2.75) is 69.1 Å². The highest BCUT2D eigenvalue weighted by atomic mass is 16.5. The number of likely N-dealkylation sites (tertiary alicyclic amines) is 1. The van der Waals surface area contributed by atoms with E-state index >= 15 is 0 Å². The Morgan fingerprint density at radius 3 is 2.81 bits per heavy atom. The standard InChI is InChI=1S/C21H27NO4/c1-12-3-6-15(23)18-17(12)20-9-10-22(11-14-4-5-14)13(2)21(20,25)8-7-16(24)19(20)26-18/h3,6,13-14,19,23,25H,4-5,7-11H2,1-2H3/t13-,19?,20+,21-/m1/s1. The van der Waals surface area contributed by atoms with Crippen molar-refractivity contribution in [2.24, 2.45) is 5.92 Å². The van der Waals surface area contributed by atoms with Crippen molar-refractivity contribution >= 4 is 5.78 Å². The van der Waals surface area contributed by atoms with Gasteiger partial charge < -0.3 is 14.9 Å². The van der Waals surface area contributed by atoms with Crippen LogP contribution in [0.3, 0.4) is 0 Å². The minimum absolute atomic E-state index is 0.0382. The normalized spacial score (nSPS) is 39.1. The summed E-state index contributed by atoms with van der Waals surface area (Å²) >= 11 is 0. The summed E-state index contributed by atoms with van der Waals surface area (Å²) in [6.07, 6.45) is 3.36. The summed E-state index contributed by atoms with van der Waals surface area (Å²) in [5.74, 6) is 1.28. The Labute approximate surface area is 154 Å². The number of phenols is 1. The van der Waals surface area contributed by atoms with Crippen LogP contribution < -0.4 is 4.74 Å². The number of rotatable bonds is 2. The molecule has 4 atom stereocenters. The van der Waals surface area contributed by atoms with Gasteiger partial charge in [0, 0.05) is 24.6 Å². The van der Waals surface area contributed by atoms with Gasteiger partial charge in [0.25, 0.3) is 0 Å². The van der Waals surface area contributed by atoms with E-state index in [0.717, 1.165) is 30.1 Å². The van der Waals surface area contributed by atoms with Crippen molar-refractivity contribution in [3.8, 4) is 11.5 Å². The summed E-state index contributed by atoms with van der Waals surface area (Å²) in [6, 6.07) is 3.45. The fourth-order valence-electron chi connectivity index (χ4n) is 5.90. The Morgan fingerprint density at radius 1 is 1.31 bits per heavy atom. The topological polar surface area (TPSA) is 70.0 Å². The molecule has 0 amide bonds. The lowest BCUT2D eigenvalue weighted by atomic mass is 9.52. The van der Waals surface area contributed by atoms with E-state index in [2.05, 4.69) is 11.8 Å². The molecule has 2 heterocycles. The van der Waals surface area contributed by atoms with Crippen LogP contribution in [0.15, 0.2) is 12.1 Å². The molecule has 0 bridgehead atoms. The monoisotopic (exact) mass is 357 g/mol. The largest absolute Gasteiger partial charge is 0.504 e. The van der Waals surface area contributed by atoms with Gasteiger partial charge in [-0.25, -0.2) is 0 Å². The summed E-state index contributed by atoms with van der Waals surface area (Å²) in [4.78, 5) is 15.2. The highest BCUT2D eigenvalue weighted by Crippen LogP contribution is 2.62. The summed E-state index contributed by atoms with van der Waals surface area (Å²) in [5.41, 5.74) is 0.0647. The van der Waals surface area contributed by atoms with Crippen molar-refractivity contribution in [3.63, 3.8) is 0 Å². The maximum atomic E-state index is 12.8. The van der Waals surface area contributed by atoms with Crippen LogP contribution in [-0.2, 0) is 10.2 Å². The molecular weight excluding hydrogens is 330 g/mol. The van der Waals surface area contributed by atoms with E-state index in [9.17, 15) is 15.0 Å². The van der Waals surface area contributed by atoms with Gasteiger partial charge in [-0.15, -0.1) is 0 Å². The maximum Gasteiger partial charge on any atom is 0.174 e. The van der Waals surface area contributed by atoms with Crippen molar-refractivity contribution < 1.29 is 19.7 Å². The zero-order valence-electron chi connectivity index (χ0n) is 15.5. The first kappa shape index (κ1) is 16.6. The molecular formula is C21H27NO4. The van der Waals surface area contributed by atoms with Crippen LogP contribution in [0.1, 0.15) is 50.2 Å². The number of aryl methyl sites for hydroxylation is 1. The number of nitrogens with zero attached hydrogens (tertiary/aromatic N) is 1. The molecule has 5 nitrogen and oxygen atoms in total. The van der Waals surface area contributed by atoms with Crippen molar-refractivity contribution in [1.82, 2.24) is 4.90 Å². The van der Waals surface area contributed by atoms with Gasteiger partial charge in [0.2, 0.25) is 0 Å². The third-order valence-corrected chi connectivity index (χ3v) is 7.51. The number of ether oxygens (including phenoxy) is 1. The predicted molar refractivity (Wildman–Crippen MR) is 96.5 cm³/mol. The molecule has 2 aliphatic carbocycles. The number of benzene rings is 1. The van der Waals surface area contributed by atoms with E-state index < -0.39 is 17.1 Å². The van der Waals surface area contributed by atoms with E-state index in [1.54, 1.807) is 6.07 Å². The van der Waals surface area contributed by atoms with Crippen LogP contribution in [0.4, 0.5) is 0 Å². The number of aromatic hydroxyl groups is 1. The first-order valence-electron chi connectivity index (χ1n) is 9.87. The van der Waals surface area contributed by atoms with E-state index in [1.807, 2.05) is 13.0 Å². The second-order valence-corrected chi connectivity index (χ2v) is 8.83. The third-order valence-electron chi connectivity index (χ3n) is 7.51. The van der Waals surface area contributed by atoms with Gasteiger partial charge in [0.15, 0.2) is 23.4 Å². The Hall–Kier alpha value is -1.59. The number of carbonyl (C=O) groups is 1. The second kappa shape index (κ2) is 5.23. The zero-order valence-corrected chi connectivity index (χ0v) is 15.5. The number of hydrogen-bond acceptors (Lipinski definition) is 5. The van der Waals surface area contributed by atoms with Gasteiger partial charge in [-0.05, 0) is 63.6 Å². The first-order valence-corrected chi connectivity index (χ1v) is 9.87. The average Bonchev–Trinajstić information content (AvgIpc) is 3.35. The molecule has 1 aromatic carbocycles. The predicted octanol–water partition coefficient (Wildman–Crippen LogP) is 2.30. The summed E-state index contributed by atoms with van der Waals surface area (Å²) in [6.45, 7) is 5.97. The minimum atomic E-state index is -1.03.